The SMILES string of the molecule is COc1cc(OC)cc(C(=O)N(C)CC(O)c2cccc(OC)c2)c1. The highest BCUT2D eigenvalue weighted by Crippen LogP contribution is 2.24. The molecule has 25 heavy (non-hydrogen) atoms. The second-order valence-electron chi connectivity index (χ2n) is 5.58. The fourth-order valence-corrected chi connectivity index (χ4v) is 2.45. The number of benzene rings is 2. The average molecular weight is 345 g/mol. The fraction of sp³-hybridized carbons (Fsp3) is 0.316. The van der Waals surface area contributed by atoms with Gasteiger partial charge in [0, 0.05) is 18.7 Å². The number of aliphatic hydroxyl groups excluding tert-OH is 1. The van der Waals surface area contributed by atoms with Crippen molar-refractivity contribution >= 4 is 5.91 Å². The molecule has 0 heterocycles. The van der Waals surface area contributed by atoms with Crippen molar-refractivity contribution in [1.29, 1.82) is 0 Å². The Morgan fingerprint density at radius 1 is 1.00 bits per heavy atom. The number of aliphatic hydroxyl groups is 1. The van der Waals surface area contributed by atoms with Gasteiger partial charge in [-0.05, 0) is 29.8 Å². The molecule has 0 aliphatic carbocycles. The van der Waals surface area contributed by atoms with Crippen LogP contribution in [0.3, 0.4) is 0 Å². The van der Waals surface area contributed by atoms with E-state index in [0.717, 1.165) is 0 Å². The Labute approximate surface area is 147 Å². The molecule has 1 N–H and O–H groups in total. The number of ether oxygens (including phenoxy) is 3. The van der Waals surface area contributed by atoms with Crippen molar-refractivity contribution in [3.8, 4) is 17.2 Å². The molecule has 0 bridgehead atoms. The average Bonchev–Trinajstić information content (AvgIpc) is 2.66. The summed E-state index contributed by atoms with van der Waals surface area (Å²) in [6.07, 6.45) is -0.823. The maximum atomic E-state index is 12.6. The number of hydrogen-bond acceptors (Lipinski definition) is 5. The van der Waals surface area contributed by atoms with Gasteiger partial charge in [-0.1, -0.05) is 12.1 Å². The molecule has 0 saturated heterocycles. The molecule has 134 valence electrons. The van der Waals surface area contributed by atoms with Crippen molar-refractivity contribution in [1.82, 2.24) is 4.90 Å². The first-order valence-corrected chi connectivity index (χ1v) is 7.79. The standard InChI is InChI=1S/C19H23NO5/c1-20(12-18(21)13-6-5-7-15(8-13)23-2)19(22)14-9-16(24-3)11-17(10-14)25-4/h5-11,18,21H,12H2,1-4H3. The van der Waals surface area contributed by atoms with E-state index in [1.165, 1.54) is 19.1 Å². The quantitative estimate of drug-likeness (QED) is 0.835. The second kappa shape index (κ2) is 8.39. The van der Waals surface area contributed by atoms with Crippen molar-refractivity contribution in [2.75, 3.05) is 34.9 Å². The van der Waals surface area contributed by atoms with Gasteiger partial charge in [0.1, 0.15) is 17.2 Å². The number of methoxy groups -OCH3 is 3. The van der Waals surface area contributed by atoms with E-state index in [0.29, 0.717) is 28.4 Å². The molecular formula is C19H23NO5. The minimum Gasteiger partial charge on any atom is -0.497 e. The van der Waals surface area contributed by atoms with Gasteiger partial charge in [0.15, 0.2) is 0 Å². The summed E-state index contributed by atoms with van der Waals surface area (Å²) in [4.78, 5) is 14.1. The largest absolute Gasteiger partial charge is 0.497 e. The molecule has 2 aromatic rings. The maximum absolute atomic E-state index is 12.6. The van der Waals surface area contributed by atoms with Crippen molar-refractivity contribution in [3.63, 3.8) is 0 Å². The molecule has 0 aliphatic heterocycles. The first kappa shape index (κ1) is 18.6. The Morgan fingerprint density at radius 3 is 2.16 bits per heavy atom. The molecule has 0 fully saturated rings. The van der Waals surface area contributed by atoms with Crippen LogP contribution in [0, 0.1) is 0 Å². The summed E-state index contributed by atoms with van der Waals surface area (Å²) in [5, 5.41) is 10.4. The highest BCUT2D eigenvalue weighted by molar-refractivity contribution is 5.95. The first-order chi connectivity index (χ1) is 12.0. The van der Waals surface area contributed by atoms with E-state index in [2.05, 4.69) is 0 Å². The summed E-state index contributed by atoms with van der Waals surface area (Å²) in [5.41, 5.74) is 1.11. The van der Waals surface area contributed by atoms with E-state index in [1.807, 2.05) is 0 Å². The van der Waals surface area contributed by atoms with E-state index in [-0.39, 0.29) is 12.5 Å². The first-order valence-electron chi connectivity index (χ1n) is 7.79. The Morgan fingerprint density at radius 2 is 1.60 bits per heavy atom. The number of carbonyl (C=O) groups excluding carboxylic acids is 1. The van der Waals surface area contributed by atoms with Crippen molar-refractivity contribution in [3.05, 3.63) is 53.6 Å². The lowest BCUT2D eigenvalue weighted by Crippen LogP contribution is -2.31. The number of nitrogens with zero attached hydrogens (tertiary/aromatic N) is 1. The van der Waals surface area contributed by atoms with E-state index >= 15 is 0 Å². The smallest absolute Gasteiger partial charge is 0.253 e. The topological polar surface area (TPSA) is 68.2 Å². The Kier molecular flexibility index (Phi) is 6.25. The molecule has 0 spiro atoms. The zero-order chi connectivity index (χ0) is 18.4. The van der Waals surface area contributed by atoms with Crippen molar-refractivity contribution in [2.45, 2.75) is 6.10 Å². The van der Waals surface area contributed by atoms with Gasteiger partial charge in [-0.15, -0.1) is 0 Å². The Balaban J connectivity index is 2.14. The molecule has 1 amide bonds. The minimum atomic E-state index is -0.823. The van der Waals surface area contributed by atoms with E-state index in [1.54, 1.807) is 56.6 Å². The number of likely N-dealkylation sites (N-methyl/N-ethyl adjacent to an activating group) is 1. The summed E-state index contributed by atoms with van der Waals surface area (Å²) in [6.45, 7) is 0.144. The Hall–Kier alpha value is -2.73. The lowest BCUT2D eigenvalue weighted by molar-refractivity contribution is 0.0680. The van der Waals surface area contributed by atoms with Crippen LogP contribution >= 0.6 is 0 Å². The molecule has 1 unspecified atom stereocenters. The van der Waals surface area contributed by atoms with Gasteiger partial charge in [0.25, 0.3) is 5.91 Å². The van der Waals surface area contributed by atoms with E-state index in [9.17, 15) is 9.90 Å². The molecule has 6 nitrogen and oxygen atoms in total. The molecule has 0 aliphatic rings. The third kappa shape index (κ3) is 4.64. The predicted molar refractivity (Wildman–Crippen MR) is 94.5 cm³/mol. The zero-order valence-electron chi connectivity index (χ0n) is 14.9. The normalized spacial score (nSPS) is 11.6. The molecule has 1 atom stereocenters. The lowest BCUT2D eigenvalue weighted by Gasteiger charge is -2.22. The molecular weight excluding hydrogens is 322 g/mol. The summed E-state index contributed by atoms with van der Waals surface area (Å²) in [6, 6.07) is 12.1. The highest BCUT2D eigenvalue weighted by Gasteiger charge is 2.18. The van der Waals surface area contributed by atoms with Crippen LogP contribution in [0.5, 0.6) is 17.2 Å². The van der Waals surface area contributed by atoms with Gasteiger partial charge in [0.2, 0.25) is 0 Å². The van der Waals surface area contributed by atoms with Crippen LogP contribution in [-0.4, -0.2) is 50.8 Å². The van der Waals surface area contributed by atoms with Gasteiger partial charge in [-0.2, -0.15) is 0 Å². The van der Waals surface area contributed by atoms with Crippen LogP contribution in [0.15, 0.2) is 42.5 Å². The molecule has 0 aromatic heterocycles. The third-order valence-corrected chi connectivity index (χ3v) is 3.87. The van der Waals surface area contributed by atoms with Crippen LogP contribution in [0.2, 0.25) is 0 Å². The van der Waals surface area contributed by atoms with Gasteiger partial charge in [-0.25, -0.2) is 0 Å². The highest BCUT2D eigenvalue weighted by atomic mass is 16.5. The summed E-state index contributed by atoms with van der Waals surface area (Å²) >= 11 is 0. The maximum Gasteiger partial charge on any atom is 0.253 e. The number of carbonyl (C=O) groups is 1. The van der Waals surface area contributed by atoms with E-state index < -0.39 is 6.10 Å². The van der Waals surface area contributed by atoms with E-state index in [4.69, 9.17) is 14.2 Å². The van der Waals surface area contributed by atoms with Gasteiger partial charge in [0.05, 0.1) is 34.0 Å². The molecule has 0 radical (unpaired) electrons. The van der Waals surface area contributed by atoms with Crippen molar-refractivity contribution < 1.29 is 24.1 Å². The molecule has 2 rings (SSSR count). The van der Waals surface area contributed by atoms with Gasteiger partial charge >= 0.3 is 0 Å². The third-order valence-electron chi connectivity index (χ3n) is 3.87. The van der Waals surface area contributed by atoms with Gasteiger partial charge < -0.3 is 24.2 Å². The van der Waals surface area contributed by atoms with Gasteiger partial charge in [-0.3, -0.25) is 4.79 Å². The van der Waals surface area contributed by atoms with Crippen LogP contribution in [0.25, 0.3) is 0 Å². The number of rotatable bonds is 7. The lowest BCUT2D eigenvalue weighted by atomic mass is 10.1. The minimum absolute atomic E-state index is 0.144. The Bertz CT molecular complexity index is 709. The van der Waals surface area contributed by atoms with Crippen molar-refractivity contribution in [2.24, 2.45) is 0 Å². The summed E-state index contributed by atoms with van der Waals surface area (Å²) in [7, 11) is 6.26. The van der Waals surface area contributed by atoms with Crippen LogP contribution in [0.4, 0.5) is 0 Å². The summed E-state index contributed by atoms with van der Waals surface area (Å²) in [5.74, 6) is 1.48. The second-order valence-corrected chi connectivity index (χ2v) is 5.58. The van der Waals surface area contributed by atoms with Crippen LogP contribution in [0.1, 0.15) is 22.0 Å². The van der Waals surface area contributed by atoms with Crippen LogP contribution < -0.4 is 14.2 Å². The molecule has 0 saturated carbocycles. The molecule has 2 aromatic carbocycles. The molecule has 6 heteroatoms. The van der Waals surface area contributed by atoms with Crippen LogP contribution in [-0.2, 0) is 0 Å². The monoisotopic (exact) mass is 345 g/mol. The predicted octanol–water partition coefficient (Wildman–Crippen LogP) is 2.52. The number of amides is 1. The summed E-state index contributed by atoms with van der Waals surface area (Å²) < 4.78 is 15.5. The fourth-order valence-electron chi connectivity index (χ4n) is 2.45. The number of hydrogen-bond donors (Lipinski definition) is 1. The zero-order valence-corrected chi connectivity index (χ0v) is 14.9.